The number of Topliss-reactive ketones (excluding diaryl/α,β-unsaturated/α-hetero) is 1. The molecule has 0 aliphatic heterocycles. The molecule has 0 fully saturated rings. The Morgan fingerprint density at radius 1 is 1.28 bits per heavy atom. The molecule has 0 saturated carbocycles. The largest absolute Gasteiger partial charge is 0.481 e. The first-order chi connectivity index (χ1) is 8.56. The number of rotatable bonds is 8. The Labute approximate surface area is 105 Å². The molecular weight excluding hydrogens is 236 g/mol. The van der Waals surface area contributed by atoms with Gasteiger partial charge in [-0.05, 0) is 19.3 Å². The molecule has 1 aliphatic rings. The lowest BCUT2D eigenvalue weighted by atomic mass is 10.0. The fourth-order valence-electron chi connectivity index (χ4n) is 2.14. The molecule has 100 valence electrons. The van der Waals surface area contributed by atoms with Crippen LogP contribution in [0, 0.1) is 0 Å². The molecule has 0 heterocycles. The van der Waals surface area contributed by atoms with E-state index in [4.69, 9.17) is 5.11 Å². The van der Waals surface area contributed by atoms with Crippen LogP contribution in [-0.4, -0.2) is 34.4 Å². The van der Waals surface area contributed by atoms with E-state index in [2.05, 4.69) is 0 Å². The fourth-order valence-corrected chi connectivity index (χ4v) is 2.14. The predicted molar refractivity (Wildman–Crippen MR) is 64.1 cm³/mol. The standard InChI is InChI=1S/C13H18O5/c14-8-10-9(11(15)7-12(10)16)5-3-1-2-4-6-13(17)18/h8,12,16H,1-7H2,(H,17,18)/t12-/m1/s1. The van der Waals surface area contributed by atoms with Crippen LogP contribution in [0.1, 0.15) is 44.9 Å². The van der Waals surface area contributed by atoms with Gasteiger partial charge in [0.15, 0.2) is 5.78 Å². The number of hydrogen-bond acceptors (Lipinski definition) is 4. The van der Waals surface area contributed by atoms with Gasteiger partial charge in [-0.1, -0.05) is 12.8 Å². The van der Waals surface area contributed by atoms with E-state index in [1.165, 1.54) is 0 Å². The molecule has 0 unspecified atom stereocenters. The van der Waals surface area contributed by atoms with Crippen molar-refractivity contribution in [2.75, 3.05) is 0 Å². The van der Waals surface area contributed by atoms with Crippen LogP contribution >= 0.6 is 0 Å². The lowest BCUT2D eigenvalue weighted by molar-refractivity contribution is -0.137. The van der Waals surface area contributed by atoms with Crippen molar-refractivity contribution in [2.45, 2.75) is 51.0 Å². The molecule has 0 bridgehead atoms. The van der Waals surface area contributed by atoms with Gasteiger partial charge >= 0.3 is 5.97 Å². The number of aldehydes is 1. The molecule has 2 N–H and O–H groups in total. The van der Waals surface area contributed by atoms with E-state index >= 15 is 0 Å². The third kappa shape index (κ3) is 4.07. The Morgan fingerprint density at radius 3 is 2.56 bits per heavy atom. The van der Waals surface area contributed by atoms with Crippen LogP contribution in [0.4, 0.5) is 0 Å². The number of aliphatic hydroxyl groups is 1. The number of unbranched alkanes of at least 4 members (excludes halogenated alkanes) is 3. The topological polar surface area (TPSA) is 91.7 Å². The highest BCUT2D eigenvalue weighted by Crippen LogP contribution is 2.26. The summed E-state index contributed by atoms with van der Waals surface area (Å²) in [5.41, 5.74) is 0.682. The summed E-state index contributed by atoms with van der Waals surface area (Å²) in [6.45, 7) is 0. The monoisotopic (exact) mass is 254 g/mol. The number of ketones is 1. The van der Waals surface area contributed by atoms with Gasteiger partial charge in [0.05, 0.1) is 6.10 Å². The van der Waals surface area contributed by atoms with E-state index in [0.29, 0.717) is 24.7 Å². The van der Waals surface area contributed by atoms with Crippen LogP contribution in [0.15, 0.2) is 11.1 Å². The van der Waals surface area contributed by atoms with Crippen LogP contribution in [-0.2, 0) is 14.4 Å². The van der Waals surface area contributed by atoms with Crippen molar-refractivity contribution in [3.05, 3.63) is 11.1 Å². The van der Waals surface area contributed by atoms with E-state index in [9.17, 15) is 19.5 Å². The quantitative estimate of drug-likeness (QED) is 0.502. The fraction of sp³-hybridized carbons (Fsp3) is 0.615. The van der Waals surface area contributed by atoms with Crippen LogP contribution in [0.25, 0.3) is 0 Å². The predicted octanol–water partition coefficient (Wildman–Crippen LogP) is 1.24. The SMILES string of the molecule is O=CC1=C(CCCCCCC(=O)O)C(=O)C[C@H]1O. The van der Waals surface area contributed by atoms with Gasteiger partial charge < -0.3 is 10.2 Å². The Kier molecular flexibility index (Phi) is 5.71. The van der Waals surface area contributed by atoms with Crippen LogP contribution in [0.5, 0.6) is 0 Å². The molecule has 1 rings (SSSR count). The minimum atomic E-state index is -0.933. The summed E-state index contributed by atoms with van der Waals surface area (Å²) in [5, 5.41) is 17.9. The zero-order valence-electron chi connectivity index (χ0n) is 10.2. The molecule has 5 heteroatoms. The van der Waals surface area contributed by atoms with Crippen molar-refractivity contribution in [1.29, 1.82) is 0 Å². The molecular formula is C13H18O5. The number of aliphatic carboxylic acids is 1. The maximum Gasteiger partial charge on any atom is 0.303 e. The molecule has 0 radical (unpaired) electrons. The van der Waals surface area contributed by atoms with Crippen LogP contribution in [0.2, 0.25) is 0 Å². The van der Waals surface area contributed by atoms with E-state index in [1.54, 1.807) is 0 Å². The number of hydrogen-bond donors (Lipinski definition) is 2. The highest BCUT2D eigenvalue weighted by atomic mass is 16.4. The Balaban J connectivity index is 2.30. The molecule has 1 aliphatic carbocycles. The molecule has 0 aromatic rings. The first-order valence-corrected chi connectivity index (χ1v) is 6.17. The van der Waals surface area contributed by atoms with Crippen LogP contribution < -0.4 is 0 Å². The summed E-state index contributed by atoms with van der Waals surface area (Å²) in [6.07, 6.45) is 3.31. The smallest absolute Gasteiger partial charge is 0.303 e. The van der Waals surface area contributed by atoms with Gasteiger partial charge in [0.25, 0.3) is 0 Å². The van der Waals surface area contributed by atoms with Gasteiger partial charge in [-0.15, -0.1) is 0 Å². The second-order valence-corrected chi connectivity index (χ2v) is 4.50. The van der Waals surface area contributed by atoms with Gasteiger partial charge in [-0.3, -0.25) is 14.4 Å². The number of carbonyl (C=O) groups is 3. The second kappa shape index (κ2) is 7.06. The minimum absolute atomic E-state index is 0.0163. The van der Waals surface area contributed by atoms with Crippen molar-refractivity contribution in [2.24, 2.45) is 0 Å². The molecule has 0 spiro atoms. The number of carbonyl (C=O) groups excluding carboxylic acids is 2. The van der Waals surface area contributed by atoms with Crippen molar-refractivity contribution in [3.8, 4) is 0 Å². The Hall–Kier alpha value is -1.49. The highest BCUT2D eigenvalue weighted by Gasteiger charge is 2.29. The van der Waals surface area contributed by atoms with Crippen molar-refractivity contribution in [3.63, 3.8) is 0 Å². The summed E-state index contributed by atoms with van der Waals surface area (Å²) >= 11 is 0. The summed E-state index contributed by atoms with van der Waals surface area (Å²) in [6, 6.07) is 0. The number of carboxylic acid groups (broad SMARTS) is 1. The maximum atomic E-state index is 11.5. The third-order valence-corrected chi connectivity index (χ3v) is 3.12. The van der Waals surface area contributed by atoms with Gasteiger partial charge in [-0.25, -0.2) is 0 Å². The molecule has 0 aromatic carbocycles. The lowest BCUT2D eigenvalue weighted by Crippen LogP contribution is -2.06. The van der Waals surface area contributed by atoms with Gasteiger partial charge in [0.1, 0.15) is 6.29 Å². The van der Waals surface area contributed by atoms with Crippen LogP contribution in [0.3, 0.4) is 0 Å². The average Bonchev–Trinajstić information content (AvgIpc) is 2.57. The minimum Gasteiger partial charge on any atom is -0.481 e. The van der Waals surface area contributed by atoms with E-state index in [-0.39, 0.29) is 24.2 Å². The second-order valence-electron chi connectivity index (χ2n) is 4.50. The number of aliphatic hydroxyl groups excluding tert-OH is 1. The average molecular weight is 254 g/mol. The Bertz CT molecular complexity index is 370. The van der Waals surface area contributed by atoms with Gasteiger partial charge in [0.2, 0.25) is 0 Å². The lowest BCUT2D eigenvalue weighted by Gasteiger charge is -2.03. The molecule has 5 nitrogen and oxygen atoms in total. The first-order valence-electron chi connectivity index (χ1n) is 6.17. The summed E-state index contributed by atoms with van der Waals surface area (Å²) < 4.78 is 0. The molecule has 0 saturated heterocycles. The Morgan fingerprint density at radius 2 is 1.94 bits per heavy atom. The van der Waals surface area contributed by atoms with Crippen molar-refractivity contribution in [1.82, 2.24) is 0 Å². The summed E-state index contributed by atoms with van der Waals surface area (Å²) in [7, 11) is 0. The summed E-state index contributed by atoms with van der Waals surface area (Å²) in [5.74, 6) is -0.940. The number of carboxylic acids is 1. The van der Waals surface area contributed by atoms with Crippen molar-refractivity contribution >= 4 is 18.0 Å². The molecule has 1 atom stereocenters. The van der Waals surface area contributed by atoms with Gasteiger partial charge in [0, 0.05) is 24.0 Å². The van der Waals surface area contributed by atoms with E-state index < -0.39 is 12.1 Å². The van der Waals surface area contributed by atoms with E-state index in [0.717, 1.165) is 19.3 Å². The van der Waals surface area contributed by atoms with E-state index in [1.807, 2.05) is 0 Å². The van der Waals surface area contributed by atoms with Gasteiger partial charge in [-0.2, -0.15) is 0 Å². The molecule has 18 heavy (non-hydrogen) atoms. The third-order valence-electron chi connectivity index (χ3n) is 3.12. The zero-order chi connectivity index (χ0) is 13.5. The molecule has 0 aromatic heterocycles. The number of allylic oxidation sites excluding steroid dienone is 1. The maximum absolute atomic E-state index is 11.5. The first kappa shape index (κ1) is 14.6. The normalized spacial score (nSPS) is 19.4. The zero-order valence-corrected chi connectivity index (χ0v) is 10.2. The van der Waals surface area contributed by atoms with Crippen molar-refractivity contribution < 1.29 is 24.6 Å². The summed E-state index contributed by atoms with van der Waals surface area (Å²) in [4.78, 5) is 32.5. The highest BCUT2D eigenvalue weighted by molar-refractivity contribution is 6.05. The molecule has 0 amide bonds.